The van der Waals surface area contributed by atoms with Gasteiger partial charge in [-0.3, -0.25) is 0 Å². The number of piperidine rings is 2. The van der Waals surface area contributed by atoms with Crippen molar-refractivity contribution >= 4 is 22.6 Å². The molecule has 2 aliphatic heterocycles. The lowest BCUT2D eigenvalue weighted by molar-refractivity contribution is 0.160. The van der Waals surface area contributed by atoms with E-state index in [-0.39, 0.29) is 11.9 Å². The zero-order valence-corrected chi connectivity index (χ0v) is 21.7. The number of amides is 2. The zero-order chi connectivity index (χ0) is 25.6. The highest BCUT2D eigenvalue weighted by molar-refractivity contribution is 5.89. The van der Waals surface area contributed by atoms with E-state index in [1.165, 1.54) is 12.8 Å². The Bertz CT molecular complexity index is 1190. The summed E-state index contributed by atoms with van der Waals surface area (Å²) in [5.41, 5.74) is 2.63. The summed E-state index contributed by atoms with van der Waals surface area (Å²) in [5, 5.41) is 4.00. The van der Waals surface area contributed by atoms with Crippen molar-refractivity contribution in [1.82, 2.24) is 24.8 Å². The highest BCUT2D eigenvalue weighted by Gasteiger charge is 2.26. The largest absolute Gasteiger partial charge is 0.493 e. The van der Waals surface area contributed by atoms with Crippen LogP contribution in [0.5, 0.6) is 11.6 Å². The number of benzene rings is 1. The standard InChI is InChI=1S/C28H36N6O3/c1-3-36-26-7-4-22(17-29-26)32-28(35)34-14-10-21(11-15-34)27-24-6-5-23(16-25(24)30-19-31-27)37-18-20-8-12-33(2)13-9-20/h4-7,16-17,19-21H,3,8-15,18H2,1-2H3,(H,32,35). The van der Waals surface area contributed by atoms with E-state index < -0.39 is 0 Å². The molecule has 3 aromatic rings. The van der Waals surface area contributed by atoms with Gasteiger partial charge >= 0.3 is 6.03 Å². The molecule has 1 N–H and O–H groups in total. The van der Waals surface area contributed by atoms with Crippen LogP contribution in [0.25, 0.3) is 10.9 Å². The highest BCUT2D eigenvalue weighted by atomic mass is 16.5. The van der Waals surface area contributed by atoms with Crippen molar-refractivity contribution in [2.45, 2.75) is 38.5 Å². The fourth-order valence-electron chi connectivity index (χ4n) is 5.16. The van der Waals surface area contributed by atoms with Crippen molar-refractivity contribution in [2.75, 3.05) is 51.8 Å². The van der Waals surface area contributed by atoms with Crippen LogP contribution in [-0.2, 0) is 0 Å². The van der Waals surface area contributed by atoms with Gasteiger partial charge in [-0.15, -0.1) is 0 Å². The Hall–Kier alpha value is -3.46. The third-order valence-corrected chi connectivity index (χ3v) is 7.41. The predicted octanol–water partition coefficient (Wildman–Crippen LogP) is 4.56. The summed E-state index contributed by atoms with van der Waals surface area (Å²) in [4.78, 5) is 30.4. The molecule has 0 aliphatic carbocycles. The van der Waals surface area contributed by atoms with Crippen LogP contribution in [0.4, 0.5) is 10.5 Å². The van der Waals surface area contributed by atoms with Gasteiger partial charge in [0.1, 0.15) is 12.1 Å². The maximum Gasteiger partial charge on any atom is 0.321 e. The van der Waals surface area contributed by atoms with Crippen LogP contribution in [0.1, 0.15) is 44.2 Å². The number of pyridine rings is 1. The number of likely N-dealkylation sites (tertiary alicyclic amines) is 2. The third-order valence-electron chi connectivity index (χ3n) is 7.41. The minimum Gasteiger partial charge on any atom is -0.493 e. The number of carbonyl (C=O) groups is 1. The fraction of sp³-hybridized carbons (Fsp3) is 0.500. The van der Waals surface area contributed by atoms with Gasteiger partial charge in [0.25, 0.3) is 0 Å². The number of carbonyl (C=O) groups excluding carboxylic acids is 1. The van der Waals surface area contributed by atoms with E-state index in [2.05, 4.69) is 38.3 Å². The van der Waals surface area contributed by atoms with E-state index in [0.717, 1.165) is 54.9 Å². The molecule has 2 amide bonds. The van der Waals surface area contributed by atoms with Gasteiger partial charge in [0.15, 0.2) is 0 Å². The summed E-state index contributed by atoms with van der Waals surface area (Å²) in [6.07, 6.45) is 7.35. The average molecular weight is 505 g/mol. The van der Waals surface area contributed by atoms with E-state index in [4.69, 9.17) is 9.47 Å². The first kappa shape index (κ1) is 25.2. The molecule has 0 atom stereocenters. The molecule has 0 saturated carbocycles. The molecule has 0 spiro atoms. The van der Waals surface area contributed by atoms with E-state index >= 15 is 0 Å². The third kappa shape index (κ3) is 6.28. The van der Waals surface area contributed by atoms with Crippen LogP contribution in [-0.4, -0.2) is 77.2 Å². The second-order valence-electron chi connectivity index (χ2n) is 10.0. The van der Waals surface area contributed by atoms with E-state index in [1.807, 2.05) is 24.0 Å². The van der Waals surface area contributed by atoms with Crippen molar-refractivity contribution in [1.29, 1.82) is 0 Å². The van der Waals surface area contributed by atoms with E-state index in [1.54, 1.807) is 24.7 Å². The number of ether oxygens (including phenoxy) is 2. The molecule has 0 bridgehead atoms. The van der Waals surface area contributed by atoms with Gasteiger partial charge in [-0.1, -0.05) is 0 Å². The van der Waals surface area contributed by atoms with Crippen LogP contribution < -0.4 is 14.8 Å². The molecule has 2 aliphatic rings. The Balaban J connectivity index is 1.17. The van der Waals surface area contributed by atoms with Crippen molar-refractivity contribution in [3.8, 4) is 11.6 Å². The number of hydrogen-bond acceptors (Lipinski definition) is 7. The van der Waals surface area contributed by atoms with Crippen molar-refractivity contribution in [2.24, 2.45) is 5.92 Å². The minimum absolute atomic E-state index is 0.108. The van der Waals surface area contributed by atoms with Crippen LogP contribution in [0, 0.1) is 5.92 Å². The van der Waals surface area contributed by atoms with Crippen LogP contribution >= 0.6 is 0 Å². The Morgan fingerprint density at radius 2 is 1.81 bits per heavy atom. The molecule has 0 radical (unpaired) electrons. The second-order valence-corrected chi connectivity index (χ2v) is 10.0. The van der Waals surface area contributed by atoms with E-state index in [9.17, 15) is 4.79 Å². The second kappa shape index (κ2) is 11.7. The lowest BCUT2D eigenvalue weighted by Gasteiger charge is -2.32. The number of nitrogens with zero attached hydrogens (tertiary/aromatic N) is 5. The van der Waals surface area contributed by atoms with Gasteiger partial charge in [0, 0.05) is 36.5 Å². The normalized spacial score (nSPS) is 17.6. The molecule has 196 valence electrons. The van der Waals surface area contributed by atoms with Gasteiger partial charge in [0.2, 0.25) is 5.88 Å². The topological polar surface area (TPSA) is 92.7 Å². The first-order valence-corrected chi connectivity index (χ1v) is 13.3. The molecule has 9 heteroatoms. The molecule has 37 heavy (non-hydrogen) atoms. The van der Waals surface area contributed by atoms with Crippen molar-refractivity contribution in [3.05, 3.63) is 48.5 Å². The molecule has 2 aromatic heterocycles. The molecule has 1 aromatic carbocycles. The van der Waals surface area contributed by atoms with Crippen LogP contribution in [0.3, 0.4) is 0 Å². The van der Waals surface area contributed by atoms with Crippen LogP contribution in [0.15, 0.2) is 42.9 Å². The molecule has 2 saturated heterocycles. The summed E-state index contributed by atoms with van der Waals surface area (Å²) in [7, 11) is 2.18. The van der Waals surface area contributed by atoms with Gasteiger partial charge in [-0.25, -0.2) is 19.7 Å². The molecule has 4 heterocycles. The van der Waals surface area contributed by atoms with Crippen LogP contribution in [0.2, 0.25) is 0 Å². The number of hydrogen-bond donors (Lipinski definition) is 1. The number of rotatable bonds is 7. The maximum atomic E-state index is 12.8. The molecule has 9 nitrogen and oxygen atoms in total. The summed E-state index contributed by atoms with van der Waals surface area (Å²) in [5.74, 6) is 2.31. The van der Waals surface area contributed by atoms with Gasteiger partial charge in [-0.2, -0.15) is 0 Å². The summed E-state index contributed by atoms with van der Waals surface area (Å²) >= 11 is 0. The first-order valence-electron chi connectivity index (χ1n) is 13.3. The van der Waals surface area contributed by atoms with Crippen molar-refractivity contribution in [3.63, 3.8) is 0 Å². The number of aromatic nitrogens is 3. The molecule has 2 fully saturated rings. The summed E-state index contributed by atoms with van der Waals surface area (Å²) < 4.78 is 11.5. The number of nitrogens with one attached hydrogen (secondary N) is 1. The van der Waals surface area contributed by atoms with Gasteiger partial charge in [-0.05, 0) is 76.9 Å². The zero-order valence-electron chi connectivity index (χ0n) is 21.7. The lowest BCUT2D eigenvalue weighted by Crippen LogP contribution is -2.40. The quantitative estimate of drug-likeness (QED) is 0.504. The average Bonchev–Trinajstić information content (AvgIpc) is 2.93. The van der Waals surface area contributed by atoms with Gasteiger partial charge < -0.3 is 24.6 Å². The molecule has 0 unspecified atom stereocenters. The molecule has 5 rings (SSSR count). The summed E-state index contributed by atoms with van der Waals surface area (Å²) in [6.45, 7) is 6.85. The Morgan fingerprint density at radius 1 is 1.00 bits per heavy atom. The predicted molar refractivity (Wildman–Crippen MR) is 143 cm³/mol. The number of fused-ring (bicyclic) bond motifs is 1. The summed E-state index contributed by atoms with van der Waals surface area (Å²) in [6, 6.07) is 9.62. The Morgan fingerprint density at radius 3 is 2.54 bits per heavy atom. The Kier molecular flexibility index (Phi) is 7.99. The SMILES string of the molecule is CCOc1ccc(NC(=O)N2CCC(c3ncnc4cc(OCC5CCN(C)CC5)ccc34)CC2)cn1. The van der Waals surface area contributed by atoms with Gasteiger partial charge in [0.05, 0.1) is 36.3 Å². The lowest BCUT2D eigenvalue weighted by atomic mass is 9.91. The number of anilines is 1. The molecular formula is C28H36N6O3. The minimum atomic E-state index is -0.108. The highest BCUT2D eigenvalue weighted by Crippen LogP contribution is 2.32. The molecular weight excluding hydrogens is 468 g/mol. The smallest absolute Gasteiger partial charge is 0.321 e. The number of urea groups is 1. The fourth-order valence-corrected chi connectivity index (χ4v) is 5.16. The maximum absolute atomic E-state index is 12.8. The first-order chi connectivity index (χ1) is 18.1. The van der Waals surface area contributed by atoms with E-state index in [0.29, 0.717) is 37.2 Å². The Labute approximate surface area is 218 Å². The van der Waals surface area contributed by atoms with Crippen molar-refractivity contribution < 1.29 is 14.3 Å². The monoisotopic (exact) mass is 504 g/mol.